The molecule has 4 N–H and O–H groups in total. The van der Waals surface area contributed by atoms with E-state index >= 15 is 0 Å². The third-order valence-electron chi connectivity index (χ3n) is 9.09. The highest BCUT2D eigenvalue weighted by molar-refractivity contribution is 7.90. The molecule has 0 spiro atoms. The normalized spacial score (nSPS) is 25.0. The van der Waals surface area contributed by atoms with Crippen molar-refractivity contribution in [2.45, 2.75) is 62.2 Å². The number of sulfonamides is 2. The van der Waals surface area contributed by atoms with Gasteiger partial charge in [-0.3, -0.25) is 10.9 Å². The molecular weight excluding hydrogens is 605 g/mol. The van der Waals surface area contributed by atoms with E-state index in [2.05, 4.69) is 20.3 Å². The fourth-order valence-electron chi connectivity index (χ4n) is 6.78. The van der Waals surface area contributed by atoms with E-state index in [1.807, 2.05) is 23.9 Å². The zero-order valence-electron chi connectivity index (χ0n) is 25.2. The summed E-state index contributed by atoms with van der Waals surface area (Å²) in [5.74, 6) is 2.53. The number of nitrogens with one attached hydrogen (secondary N) is 4. The predicted molar refractivity (Wildman–Crippen MR) is 165 cm³/mol. The Morgan fingerprint density at radius 2 is 0.864 bits per heavy atom. The summed E-state index contributed by atoms with van der Waals surface area (Å²) in [4.78, 5) is 24.0. The summed E-state index contributed by atoms with van der Waals surface area (Å²) in [5, 5.41) is 3.66. The lowest BCUT2D eigenvalue weighted by molar-refractivity contribution is 0.194. The first-order chi connectivity index (χ1) is 20.9. The zero-order chi connectivity index (χ0) is 31.5. The summed E-state index contributed by atoms with van der Waals surface area (Å²) in [5.41, 5.74) is 7.23. The van der Waals surface area contributed by atoms with Gasteiger partial charge in [0.15, 0.2) is 0 Å². The van der Waals surface area contributed by atoms with Crippen LogP contribution in [-0.4, -0.2) is 65.1 Å². The van der Waals surface area contributed by atoms with E-state index in [1.54, 1.807) is 24.3 Å². The minimum Gasteiger partial charge on any atom is -0.270 e. The molecule has 2 aromatic carbocycles. The molecule has 4 aliphatic rings. The van der Waals surface area contributed by atoms with Gasteiger partial charge in [0, 0.05) is 26.2 Å². The van der Waals surface area contributed by atoms with Crippen LogP contribution in [0.15, 0.2) is 58.3 Å². The number of carbonyl (C=O) groups excluding carboxylic acids is 2. The second-order valence-corrected chi connectivity index (χ2v) is 15.8. The molecule has 2 aliphatic carbocycles. The summed E-state index contributed by atoms with van der Waals surface area (Å²) < 4.78 is 52.7. The van der Waals surface area contributed by atoms with Crippen molar-refractivity contribution in [3.8, 4) is 0 Å². The van der Waals surface area contributed by atoms with Crippen molar-refractivity contribution in [1.82, 2.24) is 30.3 Å². The molecule has 4 amide bonds. The van der Waals surface area contributed by atoms with Crippen molar-refractivity contribution >= 4 is 32.1 Å². The fraction of sp³-hybridized carbons (Fsp3) is 0.533. The van der Waals surface area contributed by atoms with Crippen LogP contribution in [0, 0.1) is 37.5 Å². The van der Waals surface area contributed by atoms with Crippen LogP contribution >= 0.6 is 0 Å². The summed E-state index contributed by atoms with van der Waals surface area (Å²) in [6.45, 7) is 6.98. The van der Waals surface area contributed by atoms with Crippen molar-refractivity contribution < 1.29 is 26.4 Å². The number of hydrogen-bond acceptors (Lipinski definition) is 8. The Hall–Kier alpha value is -3.20. The molecule has 0 aromatic heterocycles. The van der Waals surface area contributed by atoms with Gasteiger partial charge in [0.05, 0.1) is 9.79 Å². The molecule has 4 fully saturated rings. The van der Waals surface area contributed by atoms with Crippen LogP contribution in [0.5, 0.6) is 0 Å². The Balaban J connectivity index is 0.000000175. The van der Waals surface area contributed by atoms with Crippen molar-refractivity contribution in [3.63, 3.8) is 0 Å². The number of nitrogens with zero attached hydrogens (tertiary/aromatic N) is 2. The third-order valence-corrected chi connectivity index (χ3v) is 11.8. The second-order valence-electron chi connectivity index (χ2n) is 12.4. The minimum absolute atomic E-state index is 0.0894. The first-order valence-corrected chi connectivity index (χ1v) is 18.1. The van der Waals surface area contributed by atoms with Gasteiger partial charge in [-0.05, 0) is 87.5 Å². The molecule has 240 valence electrons. The molecule has 44 heavy (non-hydrogen) atoms. The average molecular weight is 647 g/mol. The monoisotopic (exact) mass is 646 g/mol. The Bertz CT molecular complexity index is 1410. The van der Waals surface area contributed by atoms with Gasteiger partial charge >= 0.3 is 12.1 Å². The summed E-state index contributed by atoms with van der Waals surface area (Å²) in [7, 11) is -7.65. The highest BCUT2D eigenvalue weighted by atomic mass is 32.2. The number of hydrogen-bond donors (Lipinski definition) is 4. The van der Waals surface area contributed by atoms with Gasteiger partial charge in [0.2, 0.25) is 0 Å². The number of carbonyl (C=O) groups is 2. The van der Waals surface area contributed by atoms with Gasteiger partial charge in [0.1, 0.15) is 0 Å². The molecule has 6 rings (SSSR count). The topological polar surface area (TPSA) is 157 Å². The number of fused-ring (bicyclic) bond motifs is 2. The van der Waals surface area contributed by atoms with Crippen molar-refractivity contribution in [3.05, 3.63) is 59.7 Å². The van der Waals surface area contributed by atoms with E-state index in [1.165, 1.54) is 62.8 Å². The molecule has 14 heteroatoms. The Morgan fingerprint density at radius 1 is 0.568 bits per heavy atom. The van der Waals surface area contributed by atoms with E-state index in [0.29, 0.717) is 23.7 Å². The predicted octanol–water partition coefficient (Wildman–Crippen LogP) is 3.26. The summed E-state index contributed by atoms with van der Waals surface area (Å²) in [6, 6.07) is 11.4. The SMILES string of the molecule is Cc1ccc(S(=O)(=O)NC(=O)NN2CC3CCCC3C2)cc1.Cc1ccc(S(=O)(=O)NC(=O)NN2CC3CCCC3C2)cc1. The fourth-order valence-corrected chi connectivity index (χ4v) is 8.59. The molecule has 4 atom stereocenters. The molecule has 0 bridgehead atoms. The average Bonchev–Trinajstić information content (AvgIpc) is 3.71. The number of aryl methyl sites for hydroxylation is 2. The standard InChI is InChI=1S/2C15H21N3O3S/c2*1-11-5-7-14(8-6-11)22(20,21)17-15(19)16-18-9-12-3-2-4-13(12)10-18/h2*5-8,12-13H,2-4,9-10H2,1H3,(H2,16,17,19). The van der Waals surface area contributed by atoms with Crippen LogP contribution < -0.4 is 20.3 Å². The number of urea groups is 2. The van der Waals surface area contributed by atoms with Crippen molar-refractivity contribution in [2.24, 2.45) is 23.7 Å². The highest BCUT2D eigenvalue weighted by Crippen LogP contribution is 2.37. The number of hydrazine groups is 2. The maximum atomic E-state index is 12.1. The number of rotatable bonds is 6. The first kappa shape index (κ1) is 32.2. The Labute approximate surface area is 260 Å². The van der Waals surface area contributed by atoms with E-state index in [4.69, 9.17) is 0 Å². The molecule has 2 heterocycles. The molecule has 2 saturated carbocycles. The van der Waals surface area contributed by atoms with Gasteiger partial charge < -0.3 is 0 Å². The smallest absolute Gasteiger partial charge is 0.270 e. The Morgan fingerprint density at radius 3 is 1.16 bits per heavy atom. The van der Waals surface area contributed by atoms with E-state index in [-0.39, 0.29) is 9.79 Å². The van der Waals surface area contributed by atoms with Gasteiger partial charge in [-0.2, -0.15) is 0 Å². The lowest BCUT2D eigenvalue weighted by Crippen LogP contribution is -2.48. The Kier molecular flexibility index (Phi) is 9.83. The minimum atomic E-state index is -3.83. The molecule has 0 radical (unpaired) electrons. The third kappa shape index (κ3) is 8.09. The van der Waals surface area contributed by atoms with Crippen LogP contribution in [0.25, 0.3) is 0 Å². The quantitative estimate of drug-likeness (QED) is 0.373. The van der Waals surface area contributed by atoms with Crippen LogP contribution in [0.3, 0.4) is 0 Å². The van der Waals surface area contributed by atoms with Crippen LogP contribution in [-0.2, 0) is 20.0 Å². The first-order valence-electron chi connectivity index (χ1n) is 15.2. The van der Waals surface area contributed by atoms with Crippen molar-refractivity contribution in [2.75, 3.05) is 26.2 Å². The summed E-state index contributed by atoms with van der Waals surface area (Å²) >= 11 is 0. The molecule has 2 aromatic rings. The van der Waals surface area contributed by atoms with Crippen LogP contribution in [0.4, 0.5) is 9.59 Å². The number of benzene rings is 2. The molecule has 2 saturated heterocycles. The number of amides is 4. The molecule has 2 aliphatic heterocycles. The highest BCUT2D eigenvalue weighted by Gasteiger charge is 2.38. The lowest BCUT2D eigenvalue weighted by atomic mass is 10.0. The molecule has 12 nitrogen and oxygen atoms in total. The maximum Gasteiger partial charge on any atom is 0.343 e. The second kappa shape index (κ2) is 13.4. The van der Waals surface area contributed by atoms with E-state index < -0.39 is 32.1 Å². The maximum absolute atomic E-state index is 12.1. The van der Waals surface area contributed by atoms with Gasteiger partial charge in [0.25, 0.3) is 20.0 Å². The molecule has 4 unspecified atom stereocenters. The van der Waals surface area contributed by atoms with Gasteiger partial charge in [-0.1, -0.05) is 48.2 Å². The van der Waals surface area contributed by atoms with Crippen LogP contribution in [0.1, 0.15) is 49.7 Å². The lowest BCUT2D eigenvalue weighted by Gasteiger charge is -2.18. The summed E-state index contributed by atoms with van der Waals surface area (Å²) in [6.07, 6.45) is 7.32. The van der Waals surface area contributed by atoms with Gasteiger partial charge in [-0.15, -0.1) is 0 Å². The van der Waals surface area contributed by atoms with Gasteiger partial charge in [-0.25, -0.2) is 45.9 Å². The van der Waals surface area contributed by atoms with Crippen LogP contribution in [0.2, 0.25) is 0 Å². The zero-order valence-corrected chi connectivity index (χ0v) is 26.8. The van der Waals surface area contributed by atoms with E-state index in [9.17, 15) is 26.4 Å². The molecular formula is C30H42N6O6S2. The van der Waals surface area contributed by atoms with E-state index in [0.717, 1.165) is 37.3 Å². The van der Waals surface area contributed by atoms with Crippen molar-refractivity contribution in [1.29, 1.82) is 0 Å². The largest absolute Gasteiger partial charge is 0.343 e.